The van der Waals surface area contributed by atoms with E-state index in [9.17, 15) is 8.78 Å². The molecule has 3 rings (SSSR count). The third-order valence-electron chi connectivity index (χ3n) is 4.77. The Labute approximate surface area is 136 Å². The third-order valence-corrected chi connectivity index (χ3v) is 4.77. The second kappa shape index (κ2) is 6.11. The summed E-state index contributed by atoms with van der Waals surface area (Å²) in [6.45, 7) is 6.94. The Morgan fingerprint density at radius 1 is 1.39 bits per heavy atom. The first-order valence-electron chi connectivity index (χ1n) is 8.13. The van der Waals surface area contributed by atoms with Gasteiger partial charge in [-0.05, 0) is 26.8 Å². The quantitative estimate of drug-likeness (QED) is 0.792. The molecule has 0 N–H and O–H groups in total. The average molecular weight is 324 g/mol. The minimum absolute atomic E-state index is 0.0176. The Morgan fingerprint density at radius 3 is 2.70 bits per heavy atom. The maximum atomic E-state index is 13.2. The van der Waals surface area contributed by atoms with Crippen LogP contribution in [0.3, 0.4) is 0 Å². The van der Waals surface area contributed by atoms with E-state index < -0.39 is 5.92 Å². The Kier molecular flexibility index (Phi) is 4.46. The highest BCUT2D eigenvalue weighted by Gasteiger charge is 2.44. The fraction of sp³-hybridized carbons (Fsp3) is 0.688. The second-order valence-corrected chi connectivity index (χ2v) is 7.05. The molecule has 2 aliphatic rings. The lowest BCUT2D eigenvalue weighted by Crippen LogP contribution is -2.35. The minimum atomic E-state index is -2.53. The normalized spacial score (nSPS) is 26.8. The van der Waals surface area contributed by atoms with Crippen LogP contribution in [0.1, 0.15) is 32.9 Å². The van der Waals surface area contributed by atoms with Gasteiger partial charge in [-0.2, -0.15) is 0 Å². The van der Waals surface area contributed by atoms with Gasteiger partial charge in [-0.1, -0.05) is 6.07 Å². The first-order chi connectivity index (χ1) is 10.8. The summed E-state index contributed by atoms with van der Waals surface area (Å²) in [5, 5.41) is 0. The summed E-state index contributed by atoms with van der Waals surface area (Å²) in [6.07, 6.45) is 2.41. The molecule has 0 spiro atoms. The van der Waals surface area contributed by atoms with E-state index in [2.05, 4.69) is 4.98 Å². The smallest absolute Gasteiger partial charge is 0.402 e. The molecular formula is C16H23BF2N2O2. The number of nitrogens with zero attached hydrogens (tertiary/aromatic N) is 2. The van der Waals surface area contributed by atoms with Gasteiger partial charge in [0, 0.05) is 43.3 Å². The van der Waals surface area contributed by atoms with E-state index in [4.69, 9.17) is 9.31 Å². The molecule has 2 fully saturated rings. The molecule has 23 heavy (non-hydrogen) atoms. The molecule has 1 aromatic rings. The summed E-state index contributed by atoms with van der Waals surface area (Å²) < 4.78 is 38.0. The number of rotatable bonds is 4. The van der Waals surface area contributed by atoms with Gasteiger partial charge in [-0.15, -0.1) is 0 Å². The van der Waals surface area contributed by atoms with Crippen LogP contribution in [-0.2, 0) is 15.7 Å². The van der Waals surface area contributed by atoms with Crippen molar-refractivity contribution in [1.29, 1.82) is 0 Å². The van der Waals surface area contributed by atoms with E-state index in [0.717, 1.165) is 11.2 Å². The number of alkyl halides is 2. The fourth-order valence-corrected chi connectivity index (χ4v) is 2.89. The van der Waals surface area contributed by atoms with Crippen LogP contribution in [0.2, 0.25) is 0 Å². The molecule has 1 atom stereocenters. The number of pyridine rings is 1. The lowest BCUT2D eigenvalue weighted by molar-refractivity contribution is 0.0123. The van der Waals surface area contributed by atoms with Gasteiger partial charge in [-0.25, -0.2) is 8.78 Å². The van der Waals surface area contributed by atoms with Crippen molar-refractivity contribution in [3.63, 3.8) is 0 Å². The Bertz CT molecular complexity index is 554. The van der Waals surface area contributed by atoms with Crippen molar-refractivity contribution in [2.24, 2.45) is 0 Å². The summed E-state index contributed by atoms with van der Waals surface area (Å²) in [4.78, 5) is 6.21. The predicted molar refractivity (Wildman–Crippen MR) is 85.0 cm³/mol. The van der Waals surface area contributed by atoms with Crippen molar-refractivity contribution < 1.29 is 18.1 Å². The summed E-state index contributed by atoms with van der Waals surface area (Å²) in [6, 6.07) is 3.87. The van der Waals surface area contributed by atoms with E-state index >= 15 is 0 Å². The molecule has 2 saturated heterocycles. The molecule has 0 aromatic carbocycles. The highest BCUT2D eigenvalue weighted by atomic mass is 19.3. The van der Waals surface area contributed by atoms with Gasteiger partial charge in [0.15, 0.2) is 0 Å². The summed E-state index contributed by atoms with van der Waals surface area (Å²) >= 11 is 0. The third kappa shape index (κ3) is 3.90. The van der Waals surface area contributed by atoms with E-state index in [0.29, 0.717) is 19.5 Å². The van der Waals surface area contributed by atoms with Crippen molar-refractivity contribution in [3.05, 3.63) is 24.0 Å². The van der Waals surface area contributed by atoms with Crippen LogP contribution in [0.5, 0.6) is 0 Å². The highest BCUT2D eigenvalue weighted by molar-refractivity contribution is 6.61. The Hall–Kier alpha value is -1.05. The van der Waals surface area contributed by atoms with E-state index in [-0.39, 0.29) is 31.8 Å². The van der Waals surface area contributed by atoms with E-state index in [1.54, 1.807) is 11.1 Å². The lowest BCUT2D eigenvalue weighted by atomic mass is 9.80. The van der Waals surface area contributed by atoms with Gasteiger partial charge in [0.1, 0.15) is 0 Å². The molecule has 0 bridgehead atoms. The molecule has 0 amide bonds. The molecule has 2 aliphatic heterocycles. The Morgan fingerprint density at radius 2 is 2.17 bits per heavy atom. The maximum Gasteiger partial charge on any atom is 0.496 e. The van der Waals surface area contributed by atoms with Crippen LogP contribution in [0.15, 0.2) is 18.3 Å². The molecular weight excluding hydrogens is 301 g/mol. The number of hydrogen-bond donors (Lipinski definition) is 0. The van der Waals surface area contributed by atoms with E-state index in [1.165, 1.54) is 0 Å². The zero-order valence-electron chi connectivity index (χ0n) is 13.9. The van der Waals surface area contributed by atoms with Gasteiger partial charge < -0.3 is 9.31 Å². The van der Waals surface area contributed by atoms with Crippen LogP contribution in [-0.4, -0.2) is 54.3 Å². The molecule has 3 heterocycles. The SMILES string of the molecule is CC1OB(c2ccc(CCN3CCC(F)(F)C3)nc2)OC1(C)C. The van der Waals surface area contributed by atoms with Crippen LogP contribution < -0.4 is 5.46 Å². The van der Waals surface area contributed by atoms with Gasteiger partial charge in [0.05, 0.1) is 18.2 Å². The van der Waals surface area contributed by atoms with Crippen molar-refractivity contribution in [3.8, 4) is 0 Å². The number of halogens is 2. The first kappa shape index (κ1) is 16.8. The molecule has 126 valence electrons. The fourth-order valence-electron chi connectivity index (χ4n) is 2.89. The van der Waals surface area contributed by atoms with Crippen LogP contribution in [0, 0.1) is 0 Å². The van der Waals surface area contributed by atoms with Crippen molar-refractivity contribution >= 4 is 12.6 Å². The average Bonchev–Trinajstić information content (AvgIpc) is 2.96. The summed E-state index contributed by atoms with van der Waals surface area (Å²) in [7, 11) is -0.390. The molecule has 0 aliphatic carbocycles. The Balaban J connectivity index is 1.54. The van der Waals surface area contributed by atoms with Crippen LogP contribution >= 0.6 is 0 Å². The van der Waals surface area contributed by atoms with Crippen LogP contribution in [0.25, 0.3) is 0 Å². The van der Waals surface area contributed by atoms with Crippen molar-refractivity contribution in [2.45, 2.75) is 51.2 Å². The largest absolute Gasteiger partial charge is 0.496 e. The molecule has 0 saturated carbocycles. The lowest BCUT2D eigenvalue weighted by Gasteiger charge is -2.21. The van der Waals surface area contributed by atoms with Crippen LogP contribution in [0.4, 0.5) is 8.78 Å². The van der Waals surface area contributed by atoms with Crippen molar-refractivity contribution in [2.75, 3.05) is 19.6 Å². The summed E-state index contributed by atoms with van der Waals surface area (Å²) in [5.41, 5.74) is 1.47. The number of hydrogen-bond acceptors (Lipinski definition) is 4. The van der Waals surface area contributed by atoms with Gasteiger partial charge in [0.2, 0.25) is 0 Å². The second-order valence-electron chi connectivity index (χ2n) is 7.05. The zero-order valence-corrected chi connectivity index (χ0v) is 13.9. The minimum Gasteiger partial charge on any atom is -0.402 e. The number of likely N-dealkylation sites (tertiary alicyclic amines) is 1. The predicted octanol–water partition coefficient (Wildman–Crippen LogP) is 1.87. The molecule has 1 aromatic heterocycles. The monoisotopic (exact) mass is 324 g/mol. The highest BCUT2D eigenvalue weighted by Crippen LogP contribution is 2.27. The molecule has 0 radical (unpaired) electrons. The van der Waals surface area contributed by atoms with Gasteiger partial charge in [-0.3, -0.25) is 9.88 Å². The van der Waals surface area contributed by atoms with Crippen molar-refractivity contribution in [1.82, 2.24) is 9.88 Å². The molecule has 1 unspecified atom stereocenters. The van der Waals surface area contributed by atoms with Gasteiger partial charge >= 0.3 is 7.12 Å². The summed E-state index contributed by atoms with van der Waals surface area (Å²) in [5.74, 6) is -2.53. The maximum absolute atomic E-state index is 13.2. The molecule has 7 heteroatoms. The van der Waals surface area contributed by atoms with E-state index in [1.807, 2.05) is 32.9 Å². The zero-order chi connectivity index (χ0) is 16.7. The first-order valence-corrected chi connectivity index (χ1v) is 8.13. The van der Waals surface area contributed by atoms with Gasteiger partial charge in [0.25, 0.3) is 5.92 Å². The molecule has 4 nitrogen and oxygen atoms in total. The standard InChI is InChI=1S/C16H23BF2N2O2/c1-12-15(2,3)23-17(22-12)13-4-5-14(20-10-13)6-8-21-9-7-16(18,19)11-21/h4-5,10,12H,6-9,11H2,1-3H3. The topological polar surface area (TPSA) is 34.6 Å². The number of aromatic nitrogens is 1.